The van der Waals surface area contributed by atoms with Crippen molar-refractivity contribution in [3.8, 4) is 0 Å². The van der Waals surface area contributed by atoms with Crippen molar-refractivity contribution in [3.05, 3.63) is 35.4 Å². The summed E-state index contributed by atoms with van der Waals surface area (Å²) >= 11 is 0. The average Bonchev–Trinajstić information content (AvgIpc) is 2.56. The number of hydrogen-bond acceptors (Lipinski definition) is 2. The number of carbonyl (C=O) groups excluding carboxylic acids is 2. The molecule has 2 rings (SSSR count). The van der Waals surface area contributed by atoms with Crippen LogP contribution in [0, 0.1) is 6.92 Å². The minimum atomic E-state index is -0.889. The summed E-state index contributed by atoms with van der Waals surface area (Å²) in [6.07, 6.45) is 1.43. The summed E-state index contributed by atoms with van der Waals surface area (Å²) in [5.74, 6) is -0.256. The Morgan fingerprint density at radius 1 is 1.18 bits per heavy atom. The van der Waals surface area contributed by atoms with Gasteiger partial charge in [0.25, 0.3) is 5.91 Å². The van der Waals surface area contributed by atoms with E-state index >= 15 is 0 Å². The van der Waals surface area contributed by atoms with Crippen molar-refractivity contribution in [2.45, 2.75) is 32.2 Å². The molecule has 0 aliphatic carbocycles. The van der Waals surface area contributed by atoms with Gasteiger partial charge in [0.2, 0.25) is 0 Å². The van der Waals surface area contributed by atoms with E-state index in [9.17, 15) is 9.59 Å². The number of urea groups is 1. The van der Waals surface area contributed by atoms with Crippen LogP contribution in [0.1, 0.15) is 30.9 Å². The molecule has 1 aliphatic rings. The minimum Gasteiger partial charge on any atom is -0.319 e. The minimum absolute atomic E-state index is 0.256. The first-order valence-corrected chi connectivity index (χ1v) is 5.79. The smallest absolute Gasteiger partial charge is 0.319 e. The Labute approximate surface area is 100 Å². The topological polar surface area (TPSA) is 58.2 Å². The third-order valence-electron chi connectivity index (χ3n) is 3.11. The Bertz CT molecular complexity index is 453. The third-order valence-corrected chi connectivity index (χ3v) is 3.11. The zero-order valence-corrected chi connectivity index (χ0v) is 10.0. The molecule has 0 spiro atoms. The van der Waals surface area contributed by atoms with Crippen molar-refractivity contribution < 1.29 is 9.59 Å². The quantitative estimate of drug-likeness (QED) is 0.781. The van der Waals surface area contributed by atoms with E-state index < -0.39 is 11.6 Å². The molecule has 0 saturated carbocycles. The van der Waals surface area contributed by atoms with E-state index in [1.54, 1.807) is 0 Å². The van der Waals surface area contributed by atoms with Crippen LogP contribution in [-0.2, 0) is 10.3 Å². The van der Waals surface area contributed by atoms with Crippen LogP contribution < -0.4 is 10.6 Å². The Kier molecular flexibility index (Phi) is 2.88. The van der Waals surface area contributed by atoms with Crippen molar-refractivity contribution in [3.63, 3.8) is 0 Å². The van der Waals surface area contributed by atoms with Crippen molar-refractivity contribution in [1.29, 1.82) is 0 Å². The maximum absolute atomic E-state index is 12.0. The Morgan fingerprint density at radius 3 is 2.29 bits per heavy atom. The van der Waals surface area contributed by atoms with E-state index in [0.29, 0.717) is 6.42 Å². The van der Waals surface area contributed by atoms with Crippen LogP contribution in [0.4, 0.5) is 4.79 Å². The van der Waals surface area contributed by atoms with Gasteiger partial charge in [-0.1, -0.05) is 43.2 Å². The molecule has 0 radical (unpaired) electrons. The molecule has 0 bridgehead atoms. The molecule has 1 aromatic carbocycles. The summed E-state index contributed by atoms with van der Waals surface area (Å²) in [5, 5.41) is 5.07. The van der Waals surface area contributed by atoms with Gasteiger partial charge in [0.1, 0.15) is 5.54 Å². The van der Waals surface area contributed by atoms with Gasteiger partial charge in [0.05, 0.1) is 0 Å². The zero-order valence-electron chi connectivity index (χ0n) is 10.0. The van der Waals surface area contributed by atoms with E-state index in [0.717, 1.165) is 17.5 Å². The molecule has 0 aromatic heterocycles. The monoisotopic (exact) mass is 232 g/mol. The van der Waals surface area contributed by atoms with E-state index in [1.807, 2.05) is 38.1 Å². The van der Waals surface area contributed by atoms with Crippen molar-refractivity contribution in [2.24, 2.45) is 0 Å². The molecule has 4 heteroatoms. The maximum Gasteiger partial charge on any atom is 0.322 e. The molecule has 1 heterocycles. The van der Waals surface area contributed by atoms with Crippen LogP contribution in [0.2, 0.25) is 0 Å². The molecule has 1 saturated heterocycles. The fourth-order valence-corrected chi connectivity index (χ4v) is 2.23. The van der Waals surface area contributed by atoms with Crippen LogP contribution in [0.3, 0.4) is 0 Å². The van der Waals surface area contributed by atoms with Gasteiger partial charge in [0.15, 0.2) is 0 Å². The lowest BCUT2D eigenvalue weighted by molar-refractivity contribution is -0.124. The highest BCUT2D eigenvalue weighted by Gasteiger charge is 2.46. The summed E-state index contributed by atoms with van der Waals surface area (Å²) in [5.41, 5.74) is 1.08. The lowest BCUT2D eigenvalue weighted by Gasteiger charge is -2.26. The lowest BCUT2D eigenvalue weighted by atomic mass is 9.85. The lowest BCUT2D eigenvalue weighted by Crippen LogP contribution is -2.43. The Morgan fingerprint density at radius 2 is 1.82 bits per heavy atom. The van der Waals surface area contributed by atoms with E-state index in [2.05, 4.69) is 10.6 Å². The highest BCUT2D eigenvalue weighted by molar-refractivity contribution is 6.07. The van der Waals surface area contributed by atoms with Gasteiger partial charge in [-0.25, -0.2) is 4.79 Å². The van der Waals surface area contributed by atoms with Gasteiger partial charge in [-0.3, -0.25) is 10.1 Å². The van der Waals surface area contributed by atoms with Crippen LogP contribution >= 0.6 is 0 Å². The number of aryl methyl sites for hydroxylation is 1. The number of benzene rings is 1. The molecule has 1 unspecified atom stereocenters. The molecule has 90 valence electrons. The molecular formula is C13H16N2O2. The molecule has 1 fully saturated rings. The van der Waals surface area contributed by atoms with E-state index in [4.69, 9.17) is 0 Å². The van der Waals surface area contributed by atoms with Gasteiger partial charge < -0.3 is 5.32 Å². The van der Waals surface area contributed by atoms with Gasteiger partial charge in [-0.2, -0.15) is 0 Å². The molecule has 1 atom stereocenters. The number of hydrogen-bond donors (Lipinski definition) is 2. The predicted molar refractivity (Wildman–Crippen MR) is 64.4 cm³/mol. The zero-order chi connectivity index (χ0) is 12.5. The van der Waals surface area contributed by atoms with Gasteiger partial charge >= 0.3 is 6.03 Å². The Hall–Kier alpha value is -1.84. The summed E-state index contributed by atoms with van der Waals surface area (Å²) in [4.78, 5) is 23.3. The summed E-state index contributed by atoms with van der Waals surface area (Å²) in [6.45, 7) is 3.98. The second-order valence-corrected chi connectivity index (χ2v) is 4.43. The number of imide groups is 1. The molecule has 17 heavy (non-hydrogen) atoms. The van der Waals surface area contributed by atoms with Gasteiger partial charge in [-0.05, 0) is 18.9 Å². The molecular weight excluding hydrogens is 216 g/mol. The van der Waals surface area contributed by atoms with Crippen molar-refractivity contribution in [1.82, 2.24) is 10.6 Å². The second kappa shape index (κ2) is 4.20. The van der Waals surface area contributed by atoms with E-state index in [1.165, 1.54) is 0 Å². The average molecular weight is 232 g/mol. The van der Waals surface area contributed by atoms with Crippen LogP contribution in [0.5, 0.6) is 0 Å². The predicted octanol–water partition coefficient (Wildman–Crippen LogP) is 1.83. The van der Waals surface area contributed by atoms with Crippen LogP contribution in [0.15, 0.2) is 24.3 Å². The number of rotatable bonds is 3. The third kappa shape index (κ3) is 1.90. The summed E-state index contributed by atoms with van der Waals surface area (Å²) in [7, 11) is 0. The second-order valence-electron chi connectivity index (χ2n) is 4.43. The fraction of sp³-hybridized carbons (Fsp3) is 0.385. The van der Waals surface area contributed by atoms with Gasteiger partial charge in [-0.15, -0.1) is 0 Å². The number of amides is 3. The van der Waals surface area contributed by atoms with Crippen LogP contribution in [-0.4, -0.2) is 11.9 Å². The SMILES string of the molecule is CCCC1(c2ccc(C)cc2)NC(=O)NC1=O. The molecule has 4 nitrogen and oxygen atoms in total. The normalized spacial score (nSPS) is 23.4. The highest BCUT2D eigenvalue weighted by Crippen LogP contribution is 2.30. The fourth-order valence-electron chi connectivity index (χ4n) is 2.23. The number of nitrogens with one attached hydrogen (secondary N) is 2. The Balaban J connectivity index is 2.44. The first-order chi connectivity index (χ1) is 8.08. The highest BCUT2D eigenvalue weighted by atomic mass is 16.2. The molecule has 2 N–H and O–H groups in total. The van der Waals surface area contributed by atoms with Crippen LogP contribution in [0.25, 0.3) is 0 Å². The summed E-state index contributed by atoms with van der Waals surface area (Å²) < 4.78 is 0. The first kappa shape index (κ1) is 11.6. The first-order valence-electron chi connectivity index (χ1n) is 5.79. The largest absolute Gasteiger partial charge is 0.322 e. The number of carbonyl (C=O) groups is 2. The van der Waals surface area contributed by atoms with Crippen molar-refractivity contribution in [2.75, 3.05) is 0 Å². The standard InChI is InChI=1S/C13H16N2O2/c1-3-8-13(11(16)14-12(17)15-13)10-6-4-9(2)5-7-10/h4-7H,3,8H2,1-2H3,(H2,14,15,16,17). The van der Waals surface area contributed by atoms with Crippen molar-refractivity contribution >= 4 is 11.9 Å². The summed E-state index contributed by atoms with van der Waals surface area (Å²) in [6, 6.07) is 7.28. The van der Waals surface area contributed by atoms with Gasteiger partial charge in [0, 0.05) is 0 Å². The molecule has 1 aromatic rings. The van der Waals surface area contributed by atoms with E-state index in [-0.39, 0.29) is 5.91 Å². The molecule has 3 amide bonds. The molecule has 1 aliphatic heterocycles. The maximum atomic E-state index is 12.0.